The van der Waals surface area contributed by atoms with E-state index in [1.54, 1.807) is 13.2 Å². The van der Waals surface area contributed by atoms with Crippen molar-refractivity contribution in [3.8, 4) is 0 Å². The summed E-state index contributed by atoms with van der Waals surface area (Å²) in [5.74, 6) is -0.182. The summed E-state index contributed by atoms with van der Waals surface area (Å²) in [6, 6.07) is 3.44. The Morgan fingerprint density at radius 2 is 2.22 bits per heavy atom. The normalized spacial score (nSPS) is 15.4. The zero-order valence-corrected chi connectivity index (χ0v) is 10.5. The molecule has 1 N–H and O–H groups in total. The molecule has 1 aliphatic rings. The molecule has 1 aromatic heterocycles. The smallest absolute Gasteiger partial charge is 0.327 e. The van der Waals surface area contributed by atoms with E-state index in [1.807, 2.05) is 19.1 Å². The molecule has 2 heterocycles. The number of nitrogens with one attached hydrogen (secondary N) is 1. The molecule has 0 saturated carbocycles. The number of likely N-dealkylation sites (N-methyl/N-ethyl adjacent to an activating group) is 1. The summed E-state index contributed by atoms with van der Waals surface area (Å²) in [6.07, 6.45) is 1.67. The number of amides is 3. The van der Waals surface area contributed by atoms with E-state index in [2.05, 4.69) is 10.3 Å². The number of hydrogen-bond acceptors (Lipinski definition) is 4. The lowest BCUT2D eigenvalue weighted by molar-refractivity contribution is -0.125. The standard InChI is InChI=1S/C12H16N4O2/c1-3-13-9-4-5-14-10(6-9)7-16-11(17)8-15(2)12(16)18/h4-6H,3,7-8H2,1-2H3,(H,13,14). The van der Waals surface area contributed by atoms with Crippen LogP contribution in [0.2, 0.25) is 0 Å². The van der Waals surface area contributed by atoms with Crippen molar-refractivity contribution < 1.29 is 9.59 Å². The highest BCUT2D eigenvalue weighted by molar-refractivity contribution is 6.01. The fraction of sp³-hybridized carbons (Fsp3) is 0.417. The second-order valence-corrected chi connectivity index (χ2v) is 4.18. The van der Waals surface area contributed by atoms with E-state index in [0.717, 1.165) is 12.2 Å². The predicted octanol–water partition coefficient (Wildman–Crippen LogP) is 0.907. The Hall–Kier alpha value is -2.11. The summed E-state index contributed by atoms with van der Waals surface area (Å²) in [4.78, 5) is 30.1. The van der Waals surface area contributed by atoms with E-state index >= 15 is 0 Å². The van der Waals surface area contributed by atoms with Crippen molar-refractivity contribution in [3.63, 3.8) is 0 Å². The summed E-state index contributed by atoms with van der Waals surface area (Å²) in [5, 5.41) is 3.17. The zero-order chi connectivity index (χ0) is 13.1. The number of carbonyl (C=O) groups excluding carboxylic acids is 2. The highest BCUT2D eigenvalue weighted by Gasteiger charge is 2.33. The van der Waals surface area contributed by atoms with Crippen LogP contribution in [0.1, 0.15) is 12.6 Å². The second kappa shape index (κ2) is 5.03. The van der Waals surface area contributed by atoms with E-state index in [-0.39, 0.29) is 25.0 Å². The van der Waals surface area contributed by atoms with Crippen LogP contribution in [0.4, 0.5) is 10.5 Å². The average molecular weight is 248 g/mol. The van der Waals surface area contributed by atoms with Crippen molar-refractivity contribution in [2.75, 3.05) is 25.5 Å². The Morgan fingerprint density at radius 1 is 1.44 bits per heavy atom. The van der Waals surface area contributed by atoms with Crippen molar-refractivity contribution in [2.45, 2.75) is 13.5 Å². The van der Waals surface area contributed by atoms with Crippen LogP contribution >= 0.6 is 0 Å². The molecule has 6 heteroatoms. The van der Waals surface area contributed by atoms with Gasteiger partial charge in [0.15, 0.2) is 0 Å². The van der Waals surface area contributed by atoms with Gasteiger partial charge in [0.25, 0.3) is 5.91 Å². The summed E-state index contributed by atoms with van der Waals surface area (Å²) in [7, 11) is 1.61. The van der Waals surface area contributed by atoms with Crippen LogP contribution in [0.3, 0.4) is 0 Å². The molecule has 0 spiro atoms. The van der Waals surface area contributed by atoms with E-state index < -0.39 is 0 Å². The van der Waals surface area contributed by atoms with Gasteiger partial charge < -0.3 is 10.2 Å². The third-order valence-corrected chi connectivity index (χ3v) is 2.75. The first-order chi connectivity index (χ1) is 8.61. The van der Waals surface area contributed by atoms with Gasteiger partial charge >= 0.3 is 6.03 Å². The predicted molar refractivity (Wildman–Crippen MR) is 67.0 cm³/mol. The van der Waals surface area contributed by atoms with Gasteiger partial charge in [0.2, 0.25) is 0 Å². The molecule has 0 aromatic carbocycles. The number of urea groups is 1. The number of pyridine rings is 1. The van der Waals surface area contributed by atoms with Gasteiger partial charge in [0.05, 0.1) is 12.2 Å². The first-order valence-corrected chi connectivity index (χ1v) is 5.86. The van der Waals surface area contributed by atoms with E-state index in [0.29, 0.717) is 5.69 Å². The van der Waals surface area contributed by atoms with E-state index in [1.165, 1.54) is 9.80 Å². The van der Waals surface area contributed by atoms with Crippen LogP contribution < -0.4 is 5.32 Å². The number of imide groups is 1. The highest BCUT2D eigenvalue weighted by Crippen LogP contribution is 2.14. The second-order valence-electron chi connectivity index (χ2n) is 4.18. The largest absolute Gasteiger partial charge is 0.385 e. The summed E-state index contributed by atoms with van der Waals surface area (Å²) in [6.45, 7) is 3.18. The van der Waals surface area contributed by atoms with Gasteiger partial charge in [0, 0.05) is 25.5 Å². The number of carbonyl (C=O) groups is 2. The lowest BCUT2D eigenvalue weighted by Gasteiger charge is -2.14. The maximum Gasteiger partial charge on any atom is 0.327 e. The van der Waals surface area contributed by atoms with Gasteiger partial charge in [-0.2, -0.15) is 0 Å². The van der Waals surface area contributed by atoms with Crippen LogP contribution in [0.5, 0.6) is 0 Å². The molecule has 1 aliphatic heterocycles. The summed E-state index contributed by atoms with van der Waals surface area (Å²) in [5.41, 5.74) is 1.64. The third-order valence-electron chi connectivity index (χ3n) is 2.75. The fourth-order valence-electron chi connectivity index (χ4n) is 1.87. The van der Waals surface area contributed by atoms with Gasteiger partial charge in [-0.1, -0.05) is 0 Å². The number of rotatable bonds is 4. The minimum Gasteiger partial charge on any atom is -0.385 e. The van der Waals surface area contributed by atoms with Crippen molar-refractivity contribution in [1.29, 1.82) is 0 Å². The van der Waals surface area contributed by atoms with Gasteiger partial charge in [-0.3, -0.25) is 14.7 Å². The van der Waals surface area contributed by atoms with Crippen LogP contribution in [-0.2, 0) is 11.3 Å². The SMILES string of the molecule is CCNc1ccnc(CN2C(=O)CN(C)C2=O)c1. The number of anilines is 1. The quantitative estimate of drug-likeness (QED) is 0.804. The Labute approximate surface area is 106 Å². The molecule has 0 aliphatic carbocycles. The molecule has 0 radical (unpaired) electrons. The molecule has 6 nitrogen and oxygen atoms in total. The topological polar surface area (TPSA) is 65.5 Å². The Kier molecular flexibility index (Phi) is 3.45. The van der Waals surface area contributed by atoms with Crippen LogP contribution in [0.25, 0.3) is 0 Å². The summed E-state index contributed by atoms with van der Waals surface area (Å²) >= 11 is 0. The monoisotopic (exact) mass is 248 g/mol. The number of hydrogen-bond donors (Lipinski definition) is 1. The van der Waals surface area contributed by atoms with Crippen LogP contribution in [0, 0.1) is 0 Å². The molecule has 96 valence electrons. The Balaban J connectivity index is 2.11. The van der Waals surface area contributed by atoms with Crippen LogP contribution in [-0.4, -0.2) is 46.9 Å². The minimum absolute atomic E-state index is 0.145. The van der Waals surface area contributed by atoms with Crippen LogP contribution in [0.15, 0.2) is 18.3 Å². The molecule has 1 aromatic rings. The lowest BCUT2D eigenvalue weighted by atomic mass is 10.3. The molecular weight excluding hydrogens is 232 g/mol. The molecule has 0 bridgehead atoms. The Bertz CT molecular complexity index is 475. The highest BCUT2D eigenvalue weighted by atomic mass is 16.2. The maximum absolute atomic E-state index is 11.7. The molecular formula is C12H16N4O2. The van der Waals surface area contributed by atoms with Gasteiger partial charge in [-0.05, 0) is 19.1 Å². The van der Waals surface area contributed by atoms with E-state index in [9.17, 15) is 9.59 Å². The lowest BCUT2D eigenvalue weighted by Crippen LogP contribution is -2.31. The zero-order valence-electron chi connectivity index (χ0n) is 10.5. The van der Waals surface area contributed by atoms with Crippen molar-refractivity contribution >= 4 is 17.6 Å². The average Bonchev–Trinajstić information content (AvgIpc) is 2.57. The molecule has 0 unspecified atom stereocenters. The number of nitrogens with zero attached hydrogens (tertiary/aromatic N) is 3. The van der Waals surface area contributed by atoms with Crippen molar-refractivity contribution in [3.05, 3.63) is 24.0 Å². The number of aromatic nitrogens is 1. The van der Waals surface area contributed by atoms with Crippen molar-refractivity contribution in [2.24, 2.45) is 0 Å². The van der Waals surface area contributed by atoms with Gasteiger partial charge in [-0.25, -0.2) is 4.79 Å². The third kappa shape index (κ3) is 2.42. The first-order valence-electron chi connectivity index (χ1n) is 5.86. The molecule has 0 atom stereocenters. The molecule has 2 rings (SSSR count). The van der Waals surface area contributed by atoms with Gasteiger partial charge in [-0.15, -0.1) is 0 Å². The fourth-order valence-corrected chi connectivity index (χ4v) is 1.87. The van der Waals surface area contributed by atoms with E-state index in [4.69, 9.17) is 0 Å². The Morgan fingerprint density at radius 3 is 2.83 bits per heavy atom. The van der Waals surface area contributed by atoms with Crippen molar-refractivity contribution in [1.82, 2.24) is 14.8 Å². The molecule has 3 amide bonds. The first kappa shape index (κ1) is 12.3. The molecule has 1 fully saturated rings. The molecule has 1 saturated heterocycles. The van der Waals surface area contributed by atoms with Gasteiger partial charge in [0.1, 0.15) is 6.54 Å². The maximum atomic E-state index is 11.7. The molecule has 18 heavy (non-hydrogen) atoms. The minimum atomic E-state index is -0.268. The summed E-state index contributed by atoms with van der Waals surface area (Å²) < 4.78 is 0.